The molecule has 2 fully saturated rings. The Labute approximate surface area is 180 Å². The number of nitrogens with zero attached hydrogens (tertiary/aromatic N) is 4. The lowest BCUT2D eigenvalue weighted by Gasteiger charge is -2.37. The van der Waals surface area contributed by atoms with E-state index in [1.54, 1.807) is 6.92 Å². The van der Waals surface area contributed by atoms with E-state index in [0.29, 0.717) is 25.2 Å². The van der Waals surface area contributed by atoms with Gasteiger partial charge in [-0.15, -0.1) is 0 Å². The van der Waals surface area contributed by atoms with Crippen LogP contribution in [0.3, 0.4) is 0 Å². The van der Waals surface area contributed by atoms with E-state index in [0.717, 1.165) is 31.2 Å². The number of rotatable bonds is 5. The fourth-order valence-corrected chi connectivity index (χ4v) is 4.58. The summed E-state index contributed by atoms with van der Waals surface area (Å²) in [6, 6.07) is 9.91. The molecule has 2 saturated heterocycles. The van der Waals surface area contributed by atoms with Crippen molar-refractivity contribution in [1.29, 1.82) is 0 Å². The van der Waals surface area contributed by atoms with Gasteiger partial charge < -0.3 is 15.1 Å². The highest BCUT2D eigenvalue weighted by atomic mass is 16.6. The highest BCUT2D eigenvalue weighted by Crippen LogP contribution is 2.31. The number of fused-ring (bicyclic) bond motifs is 1. The van der Waals surface area contributed by atoms with E-state index in [9.17, 15) is 14.4 Å². The van der Waals surface area contributed by atoms with Crippen LogP contribution in [0.5, 0.6) is 0 Å². The number of aromatic nitrogens is 2. The highest BCUT2D eigenvalue weighted by Gasteiger charge is 2.42. The molecule has 1 aromatic heterocycles. The second-order valence-corrected chi connectivity index (χ2v) is 8.14. The molecule has 3 amide bonds. The Morgan fingerprint density at radius 1 is 1.13 bits per heavy atom. The molecule has 0 spiro atoms. The van der Waals surface area contributed by atoms with Gasteiger partial charge in [0.25, 0.3) is 5.91 Å². The highest BCUT2D eigenvalue weighted by molar-refractivity contribution is 5.95. The molecule has 3 heterocycles. The maximum atomic E-state index is 13.0. The minimum atomic E-state index is -0.485. The number of likely N-dealkylation sites (tertiary alicyclic amines) is 2. The second-order valence-electron chi connectivity index (χ2n) is 8.14. The normalized spacial score (nSPS) is 21.4. The Kier molecular flexibility index (Phi) is 6.29. The summed E-state index contributed by atoms with van der Waals surface area (Å²) in [6.07, 6.45) is 3.88. The van der Waals surface area contributed by atoms with Crippen LogP contribution in [0.1, 0.15) is 53.8 Å². The maximum absolute atomic E-state index is 13.0. The van der Waals surface area contributed by atoms with Gasteiger partial charge >= 0.3 is 0 Å². The van der Waals surface area contributed by atoms with Crippen LogP contribution in [0.15, 0.2) is 35.0 Å². The van der Waals surface area contributed by atoms with Gasteiger partial charge in [0.15, 0.2) is 5.69 Å². The zero-order valence-electron chi connectivity index (χ0n) is 17.6. The predicted molar refractivity (Wildman–Crippen MR) is 111 cm³/mol. The summed E-state index contributed by atoms with van der Waals surface area (Å²) in [5.74, 6) is -0.487. The summed E-state index contributed by atoms with van der Waals surface area (Å²) in [5, 5.41) is 9.77. The van der Waals surface area contributed by atoms with E-state index < -0.39 is 5.91 Å². The lowest BCUT2D eigenvalue weighted by atomic mass is 9.96. The first-order valence-electron chi connectivity index (χ1n) is 10.7. The zero-order valence-corrected chi connectivity index (χ0v) is 17.6. The maximum Gasteiger partial charge on any atom is 0.275 e. The third-order valence-corrected chi connectivity index (χ3v) is 6.16. The summed E-state index contributed by atoms with van der Waals surface area (Å²) in [5.41, 5.74) is 1.54. The molecule has 0 aliphatic carbocycles. The minimum absolute atomic E-state index is 0.00496. The van der Waals surface area contributed by atoms with Crippen LogP contribution in [0.25, 0.3) is 0 Å². The van der Waals surface area contributed by atoms with Crippen LogP contribution in [-0.2, 0) is 16.1 Å². The third-order valence-electron chi connectivity index (χ3n) is 6.16. The van der Waals surface area contributed by atoms with Crippen molar-refractivity contribution >= 4 is 17.7 Å². The van der Waals surface area contributed by atoms with Gasteiger partial charge in [-0.2, -0.15) is 0 Å². The Morgan fingerprint density at radius 3 is 2.68 bits per heavy atom. The quantitative estimate of drug-likeness (QED) is 0.781. The van der Waals surface area contributed by atoms with Crippen LogP contribution in [-0.4, -0.2) is 63.0 Å². The average Bonchev–Trinajstić information content (AvgIpc) is 3.38. The summed E-state index contributed by atoms with van der Waals surface area (Å²) in [4.78, 5) is 41.9. The molecule has 9 nitrogen and oxygen atoms in total. The molecule has 0 radical (unpaired) electrons. The van der Waals surface area contributed by atoms with Crippen LogP contribution in [0.2, 0.25) is 0 Å². The van der Waals surface area contributed by atoms with E-state index in [2.05, 4.69) is 20.3 Å². The van der Waals surface area contributed by atoms with Crippen molar-refractivity contribution in [2.24, 2.45) is 0 Å². The van der Waals surface area contributed by atoms with E-state index in [1.165, 1.54) is 0 Å². The molecular weight excluding hydrogens is 398 g/mol. The minimum Gasteiger partial charge on any atom is -0.341 e. The van der Waals surface area contributed by atoms with Gasteiger partial charge in [0.2, 0.25) is 11.8 Å². The van der Waals surface area contributed by atoms with Gasteiger partial charge in [0.1, 0.15) is 5.69 Å². The van der Waals surface area contributed by atoms with Crippen molar-refractivity contribution in [3.8, 4) is 0 Å². The van der Waals surface area contributed by atoms with Crippen LogP contribution < -0.4 is 5.32 Å². The summed E-state index contributed by atoms with van der Waals surface area (Å²) >= 11 is 0. The van der Waals surface area contributed by atoms with Gasteiger partial charge in [-0.25, -0.2) is 4.63 Å². The Morgan fingerprint density at radius 2 is 1.94 bits per heavy atom. The number of benzene rings is 1. The molecule has 1 N–H and O–H groups in total. The van der Waals surface area contributed by atoms with Crippen molar-refractivity contribution in [2.45, 2.75) is 57.7 Å². The van der Waals surface area contributed by atoms with Crippen LogP contribution in [0.4, 0.5) is 0 Å². The predicted octanol–water partition coefficient (Wildman–Crippen LogP) is 1.68. The van der Waals surface area contributed by atoms with Crippen LogP contribution in [0, 0.1) is 6.92 Å². The Bertz CT molecular complexity index is 944. The second kappa shape index (κ2) is 9.28. The van der Waals surface area contributed by atoms with E-state index in [-0.39, 0.29) is 36.1 Å². The van der Waals surface area contributed by atoms with Gasteiger partial charge in [0, 0.05) is 19.5 Å². The van der Waals surface area contributed by atoms with Gasteiger partial charge in [-0.05, 0) is 36.9 Å². The summed E-state index contributed by atoms with van der Waals surface area (Å²) in [7, 11) is 0. The molecule has 0 saturated carbocycles. The topological polar surface area (TPSA) is 109 Å². The molecule has 31 heavy (non-hydrogen) atoms. The van der Waals surface area contributed by atoms with Crippen molar-refractivity contribution in [2.75, 3.05) is 13.1 Å². The number of nitrogens with one attached hydrogen (secondary N) is 1. The molecule has 0 unspecified atom stereocenters. The van der Waals surface area contributed by atoms with Crippen molar-refractivity contribution in [3.63, 3.8) is 0 Å². The molecule has 0 bridgehead atoms. The largest absolute Gasteiger partial charge is 0.341 e. The van der Waals surface area contributed by atoms with E-state index in [4.69, 9.17) is 0 Å². The van der Waals surface area contributed by atoms with E-state index >= 15 is 0 Å². The smallest absolute Gasteiger partial charge is 0.275 e. The Balaban J connectivity index is 1.44. The molecule has 9 heteroatoms. The lowest BCUT2D eigenvalue weighted by molar-refractivity contribution is -0.138. The van der Waals surface area contributed by atoms with Gasteiger partial charge in [-0.1, -0.05) is 41.9 Å². The number of carbonyl (C=O) groups is 3. The average molecular weight is 425 g/mol. The number of aryl methyl sites for hydroxylation is 1. The van der Waals surface area contributed by atoms with Crippen molar-refractivity contribution in [3.05, 3.63) is 47.3 Å². The molecule has 2 aliphatic rings. The fourth-order valence-electron chi connectivity index (χ4n) is 4.58. The summed E-state index contributed by atoms with van der Waals surface area (Å²) < 4.78 is 4.55. The molecule has 164 valence electrons. The fraction of sp³-hybridized carbons (Fsp3) is 0.500. The number of hydrogen-bond donors (Lipinski definition) is 1. The standard InChI is InChI=1S/C22H27N5O4/c1-15-21(25-31-24-15)22(30)23-13-20(29)26-12-11-18-17(26)9-5-6-10-19(28)27(18)14-16-7-3-2-4-8-16/h2-4,7-8,17-18H,5-6,9-14H2,1H3,(H,23,30)/t17-,18+/m1/s1. The molecular formula is C22H27N5O4. The SMILES string of the molecule is Cc1nonc1C(=O)NCC(=O)N1CC[C@H]2[C@H]1CCCCC(=O)N2Cc1ccccc1. The lowest BCUT2D eigenvalue weighted by Crippen LogP contribution is -2.51. The zero-order chi connectivity index (χ0) is 21.8. The van der Waals surface area contributed by atoms with Crippen LogP contribution >= 0.6 is 0 Å². The first-order chi connectivity index (χ1) is 15.0. The number of amides is 3. The molecule has 2 aromatic rings. The number of carbonyl (C=O) groups excluding carboxylic acids is 3. The van der Waals surface area contributed by atoms with Gasteiger partial charge in [0.05, 0.1) is 18.6 Å². The number of hydrogen-bond acceptors (Lipinski definition) is 6. The molecule has 4 rings (SSSR count). The van der Waals surface area contributed by atoms with Gasteiger partial charge in [-0.3, -0.25) is 14.4 Å². The monoisotopic (exact) mass is 425 g/mol. The molecule has 2 aliphatic heterocycles. The van der Waals surface area contributed by atoms with E-state index in [1.807, 2.05) is 40.1 Å². The first-order valence-corrected chi connectivity index (χ1v) is 10.7. The molecule has 2 atom stereocenters. The first kappa shape index (κ1) is 21.0. The van der Waals surface area contributed by atoms with Crippen molar-refractivity contribution in [1.82, 2.24) is 25.4 Å². The van der Waals surface area contributed by atoms with Crippen molar-refractivity contribution < 1.29 is 19.0 Å². The molecule has 1 aromatic carbocycles. The summed E-state index contributed by atoms with van der Waals surface area (Å²) in [6.45, 7) is 2.62. The Hall–Kier alpha value is -3.23. The third kappa shape index (κ3) is 4.60.